The van der Waals surface area contributed by atoms with Crippen molar-refractivity contribution in [1.29, 1.82) is 0 Å². The molecule has 0 saturated carbocycles. The van der Waals surface area contributed by atoms with E-state index in [1.165, 1.54) is 0 Å². The summed E-state index contributed by atoms with van der Waals surface area (Å²) in [5, 5.41) is 0. The highest BCUT2D eigenvalue weighted by Gasteiger charge is 2.09. The van der Waals surface area contributed by atoms with Gasteiger partial charge in [0.1, 0.15) is 0 Å². The van der Waals surface area contributed by atoms with E-state index in [9.17, 15) is 0 Å². The Labute approximate surface area is 59.5 Å². The largest absolute Gasteiger partial charge is 0.380 e. The molecule has 0 aliphatic heterocycles. The van der Waals surface area contributed by atoms with Crippen molar-refractivity contribution >= 4 is 15.9 Å². The van der Waals surface area contributed by atoms with Crippen molar-refractivity contribution in [2.24, 2.45) is 0 Å². The van der Waals surface area contributed by atoms with Gasteiger partial charge in [-0.3, -0.25) is 0 Å². The lowest BCUT2D eigenvalue weighted by Gasteiger charge is -2.14. The maximum atomic E-state index is 5.11. The molecular formula is C6H13BrO. The van der Waals surface area contributed by atoms with Crippen LogP contribution in [0, 0.1) is 0 Å². The van der Waals surface area contributed by atoms with Crippen molar-refractivity contribution in [3.63, 3.8) is 0 Å². The van der Waals surface area contributed by atoms with E-state index in [4.69, 9.17) is 4.74 Å². The predicted molar refractivity (Wildman–Crippen MR) is 39.5 cm³/mol. The lowest BCUT2D eigenvalue weighted by molar-refractivity contribution is 0.102. The summed E-state index contributed by atoms with van der Waals surface area (Å²) in [4.78, 5) is 0.470. The summed E-state index contributed by atoms with van der Waals surface area (Å²) in [6, 6.07) is 0. The second kappa shape index (κ2) is 4.33. The fourth-order valence-corrected chi connectivity index (χ4v) is 1.27. The zero-order valence-corrected chi connectivity index (χ0v) is 7.23. The Hall–Kier alpha value is 0.440. The van der Waals surface area contributed by atoms with E-state index in [1.54, 1.807) is 7.11 Å². The quantitative estimate of drug-likeness (QED) is 0.606. The maximum absolute atomic E-state index is 5.11. The fraction of sp³-hybridized carbons (Fsp3) is 1.00. The molecule has 0 radical (unpaired) electrons. The predicted octanol–water partition coefficient (Wildman–Crippen LogP) is 2.19. The molecule has 1 nitrogen and oxygen atoms in total. The van der Waals surface area contributed by atoms with Crippen molar-refractivity contribution in [3.8, 4) is 0 Å². The molecule has 2 atom stereocenters. The lowest BCUT2D eigenvalue weighted by atomic mass is 10.2. The second-order valence-corrected chi connectivity index (χ2v) is 3.30. The summed E-state index contributed by atoms with van der Waals surface area (Å²) in [6.07, 6.45) is 1.44. The Morgan fingerprint density at radius 1 is 1.62 bits per heavy atom. The molecule has 50 valence electrons. The normalized spacial score (nSPS) is 18.0. The van der Waals surface area contributed by atoms with E-state index in [0.717, 1.165) is 6.42 Å². The molecule has 0 N–H and O–H groups in total. The summed E-state index contributed by atoms with van der Waals surface area (Å²) < 4.78 is 5.11. The van der Waals surface area contributed by atoms with Gasteiger partial charge < -0.3 is 4.74 Å². The van der Waals surface area contributed by atoms with E-state index >= 15 is 0 Å². The molecule has 0 amide bonds. The molecule has 0 aromatic heterocycles. The first kappa shape index (κ1) is 8.44. The lowest BCUT2D eigenvalue weighted by Crippen LogP contribution is -2.18. The van der Waals surface area contributed by atoms with Gasteiger partial charge in [0.15, 0.2) is 0 Å². The Kier molecular flexibility index (Phi) is 4.57. The molecule has 0 aromatic carbocycles. The molecular weight excluding hydrogens is 168 g/mol. The molecule has 2 heteroatoms. The Bertz CT molecular complexity index is 50.5. The van der Waals surface area contributed by atoms with Crippen molar-refractivity contribution in [2.75, 3.05) is 7.11 Å². The van der Waals surface area contributed by atoms with E-state index in [-0.39, 0.29) is 0 Å². The summed E-state index contributed by atoms with van der Waals surface area (Å²) in [5.74, 6) is 0. The van der Waals surface area contributed by atoms with Crippen molar-refractivity contribution in [1.82, 2.24) is 0 Å². The van der Waals surface area contributed by atoms with Crippen molar-refractivity contribution < 1.29 is 4.74 Å². The van der Waals surface area contributed by atoms with E-state index in [1.807, 2.05) is 0 Å². The van der Waals surface area contributed by atoms with Crippen LogP contribution in [0.3, 0.4) is 0 Å². The number of alkyl halides is 1. The van der Waals surface area contributed by atoms with Crippen LogP contribution < -0.4 is 0 Å². The monoisotopic (exact) mass is 180 g/mol. The van der Waals surface area contributed by atoms with E-state index in [0.29, 0.717) is 10.9 Å². The number of hydrogen-bond acceptors (Lipinski definition) is 1. The summed E-state index contributed by atoms with van der Waals surface area (Å²) >= 11 is 3.44. The molecule has 0 heterocycles. The first-order chi connectivity index (χ1) is 3.72. The van der Waals surface area contributed by atoms with Gasteiger partial charge >= 0.3 is 0 Å². The SMILES string of the molecule is CC[C@@H](OC)[C@H](C)Br. The summed E-state index contributed by atoms with van der Waals surface area (Å²) in [7, 11) is 1.74. The highest BCUT2D eigenvalue weighted by atomic mass is 79.9. The molecule has 0 fully saturated rings. The van der Waals surface area contributed by atoms with Gasteiger partial charge in [-0.1, -0.05) is 29.8 Å². The molecule has 0 bridgehead atoms. The number of hydrogen-bond donors (Lipinski definition) is 0. The number of methoxy groups -OCH3 is 1. The van der Waals surface area contributed by atoms with Gasteiger partial charge in [0.05, 0.1) is 6.10 Å². The van der Waals surface area contributed by atoms with Crippen LogP contribution in [0.2, 0.25) is 0 Å². The van der Waals surface area contributed by atoms with Gasteiger partial charge in [-0.15, -0.1) is 0 Å². The van der Waals surface area contributed by atoms with Gasteiger partial charge in [-0.2, -0.15) is 0 Å². The number of rotatable bonds is 3. The zero-order chi connectivity index (χ0) is 6.57. The van der Waals surface area contributed by atoms with Crippen LogP contribution in [0.25, 0.3) is 0 Å². The molecule has 0 unspecified atom stereocenters. The fourth-order valence-electron chi connectivity index (χ4n) is 0.679. The standard InChI is InChI=1S/C6H13BrO/c1-4-6(8-3)5(2)7/h5-6H,4H2,1-3H3/t5-,6+/m0/s1. The molecule has 0 spiro atoms. The van der Waals surface area contributed by atoms with E-state index in [2.05, 4.69) is 29.8 Å². The van der Waals surface area contributed by atoms with Gasteiger partial charge in [0, 0.05) is 11.9 Å². The Balaban J connectivity index is 3.35. The average molecular weight is 181 g/mol. The third kappa shape index (κ3) is 2.68. The van der Waals surface area contributed by atoms with Gasteiger partial charge in [0.2, 0.25) is 0 Å². The van der Waals surface area contributed by atoms with Crippen molar-refractivity contribution in [3.05, 3.63) is 0 Å². The smallest absolute Gasteiger partial charge is 0.0690 e. The molecule has 0 aliphatic carbocycles. The van der Waals surface area contributed by atoms with Crippen LogP contribution in [0.5, 0.6) is 0 Å². The van der Waals surface area contributed by atoms with Crippen LogP contribution in [-0.4, -0.2) is 18.0 Å². The van der Waals surface area contributed by atoms with Crippen LogP contribution >= 0.6 is 15.9 Å². The average Bonchev–Trinajstić information content (AvgIpc) is 1.69. The topological polar surface area (TPSA) is 9.23 Å². The number of halogens is 1. The molecule has 0 saturated heterocycles. The Morgan fingerprint density at radius 3 is 2.12 bits per heavy atom. The Morgan fingerprint density at radius 2 is 2.12 bits per heavy atom. The van der Waals surface area contributed by atoms with Crippen LogP contribution in [0.4, 0.5) is 0 Å². The maximum Gasteiger partial charge on any atom is 0.0690 e. The zero-order valence-electron chi connectivity index (χ0n) is 5.65. The van der Waals surface area contributed by atoms with Gasteiger partial charge in [-0.25, -0.2) is 0 Å². The first-order valence-electron chi connectivity index (χ1n) is 2.89. The van der Waals surface area contributed by atoms with Gasteiger partial charge in [0.25, 0.3) is 0 Å². The third-order valence-corrected chi connectivity index (χ3v) is 1.81. The molecule has 0 aliphatic rings. The third-order valence-electron chi connectivity index (χ3n) is 1.22. The van der Waals surface area contributed by atoms with Crippen LogP contribution in [0.15, 0.2) is 0 Å². The minimum atomic E-state index is 0.370. The first-order valence-corrected chi connectivity index (χ1v) is 3.80. The molecule has 0 rings (SSSR count). The second-order valence-electron chi connectivity index (χ2n) is 1.86. The molecule has 8 heavy (non-hydrogen) atoms. The highest BCUT2D eigenvalue weighted by molar-refractivity contribution is 9.09. The molecule has 0 aromatic rings. The summed E-state index contributed by atoms with van der Waals surface area (Å²) in [5.41, 5.74) is 0. The summed E-state index contributed by atoms with van der Waals surface area (Å²) in [6.45, 7) is 4.21. The minimum Gasteiger partial charge on any atom is -0.380 e. The van der Waals surface area contributed by atoms with Crippen LogP contribution in [0.1, 0.15) is 20.3 Å². The number of ether oxygens (including phenoxy) is 1. The van der Waals surface area contributed by atoms with Crippen molar-refractivity contribution in [2.45, 2.75) is 31.2 Å². The van der Waals surface area contributed by atoms with Gasteiger partial charge in [-0.05, 0) is 6.42 Å². The van der Waals surface area contributed by atoms with E-state index < -0.39 is 0 Å². The minimum absolute atomic E-state index is 0.370. The highest BCUT2D eigenvalue weighted by Crippen LogP contribution is 2.10. The van der Waals surface area contributed by atoms with Crippen LogP contribution in [-0.2, 0) is 4.74 Å².